The summed E-state index contributed by atoms with van der Waals surface area (Å²) in [7, 11) is 0. The number of fused-ring (bicyclic) bond motifs is 3. The highest BCUT2D eigenvalue weighted by Gasteiger charge is 2.32. The van der Waals surface area contributed by atoms with Crippen molar-refractivity contribution in [2.45, 2.75) is 58.5 Å². The molecule has 0 saturated heterocycles. The molecule has 150 valence electrons. The zero-order valence-corrected chi connectivity index (χ0v) is 17.2. The van der Waals surface area contributed by atoms with Crippen LogP contribution in [0.5, 0.6) is 23.0 Å². The Morgan fingerprint density at radius 1 is 1.21 bits per heavy atom. The van der Waals surface area contributed by atoms with Gasteiger partial charge in [-0.2, -0.15) is 0 Å². The van der Waals surface area contributed by atoms with Crippen molar-refractivity contribution < 1.29 is 19.3 Å². The first-order chi connectivity index (χ1) is 13.3. The van der Waals surface area contributed by atoms with E-state index in [0.717, 1.165) is 36.3 Å². The number of hydrogen-bond acceptors (Lipinski definition) is 4. The maximum atomic E-state index is 10.6. The SMILES string of the molecule is CC(C)COc1ccc([C@H]2COc3c(ccc4c3CCC(C)(C)O4)C2)c(O)c1. The van der Waals surface area contributed by atoms with Gasteiger partial charge in [-0.3, -0.25) is 0 Å². The predicted molar refractivity (Wildman–Crippen MR) is 110 cm³/mol. The summed E-state index contributed by atoms with van der Waals surface area (Å²) >= 11 is 0. The minimum Gasteiger partial charge on any atom is -0.508 e. The van der Waals surface area contributed by atoms with Crippen LogP contribution in [-0.2, 0) is 12.8 Å². The van der Waals surface area contributed by atoms with Gasteiger partial charge in [0.1, 0.15) is 28.6 Å². The normalized spacial score (nSPS) is 20.0. The first kappa shape index (κ1) is 19.0. The molecule has 2 heterocycles. The van der Waals surface area contributed by atoms with Gasteiger partial charge in [0.25, 0.3) is 0 Å². The van der Waals surface area contributed by atoms with Gasteiger partial charge in [-0.15, -0.1) is 0 Å². The van der Waals surface area contributed by atoms with E-state index in [9.17, 15) is 5.11 Å². The van der Waals surface area contributed by atoms with E-state index in [-0.39, 0.29) is 17.3 Å². The second-order valence-electron chi connectivity index (χ2n) is 9.03. The van der Waals surface area contributed by atoms with Crippen molar-refractivity contribution in [1.82, 2.24) is 0 Å². The van der Waals surface area contributed by atoms with Crippen molar-refractivity contribution in [3.05, 3.63) is 47.0 Å². The van der Waals surface area contributed by atoms with E-state index in [1.165, 1.54) is 11.1 Å². The lowest BCUT2D eigenvalue weighted by Gasteiger charge is -2.35. The van der Waals surface area contributed by atoms with Crippen molar-refractivity contribution in [3.8, 4) is 23.0 Å². The van der Waals surface area contributed by atoms with Crippen molar-refractivity contribution >= 4 is 0 Å². The Morgan fingerprint density at radius 2 is 2.04 bits per heavy atom. The Labute approximate surface area is 167 Å². The van der Waals surface area contributed by atoms with Crippen LogP contribution < -0.4 is 14.2 Å². The number of benzene rings is 2. The van der Waals surface area contributed by atoms with Gasteiger partial charge in [0.05, 0.1) is 13.2 Å². The third-order valence-electron chi connectivity index (χ3n) is 5.58. The molecule has 2 aromatic rings. The second kappa shape index (κ2) is 7.23. The van der Waals surface area contributed by atoms with E-state index in [2.05, 4.69) is 39.8 Å². The third-order valence-corrected chi connectivity index (χ3v) is 5.58. The van der Waals surface area contributed by atoms with Crippen LogP contribution in [0.4, 0.5) is 0 Å². The van der Waals surface area contributed by atoms with E-state index < -0.39 is 0 Å². The van der Waals surface area contributed by atoms with Crippen LogP contribution in [0.15, 0.2) is 30.3 Å². The Hall–Kier alpha value is -2.36. The molecule has 1 atom stereocenters. The highest BCUT2D eigenvalue weighted by Crippen LogP contribution is 2.45. The number of ether oxygens (including phenoxy) is 3. The molecular weight excluding hydrogens is 352 g/mol. The van der Waals surface area contributed by atoms with Crippen LogP contribution in [0.25, 0.3) is 0 Å². The lowest BCUT2D eigenvalue weighted by atomic mass is 9.86. The monoisotopic (exact) mass is 382 g/mol. The van der Waals surface area contributed by atoms with E-state index >= 15 is 0 Å². The topological polar surface area (TPSA) is 47.9 Å². The van der Waals surface area contributed by atoms with Gasteiger partial charge >= 0.3 is 0 Å². The second-order valence-corrected chi connectivity index (χ2v) is 9.03. The van der Waals surface area contributed by atoms with Gasteiger partial charge in [0.2, 0.25) is 0 Å². The largest absolute Gasteiger partial charge is 0.508 e. The van der Waals surface area contributed by atoms with Crippen molar-refractivity contribution in [2.24, 2.45) is 5.92 Å². The molecule has 0 bridgehead atoms. The molecule has 4 rings (SSSR count). The summed E-state index contributed by atoms with van der Waals surface area (Å²) in [4.78, 5) is 0. The molecule has 0 amide bonds. The third kappa shape index (κ3) is 3.78. The van der Waals surface area contributed by atoms with Crippen molar-refractivity contribution in [1.29, 1.82) is 0 Å². The van der Waals surface area contributed by atoms with Crippen LogP contribution in [0.2, 0.25) is 0 Å². The van der Waals surface area contributed by atoms with Crippen molar-refractivity contribution in [2.75, 3.05) is 13.2 Å². The van der Waals surface area contributed by atoms with Crippen LogP contribution >= 0.6 is 0 Å². The lowest BCUT2D eigenvalue weighted by Crippen LogP contribution is -2.33. The summed E-state index contributed by atoms with van der Waals surface area (Å²) in [6.07, 6.45) is 2.82. The summed E-state index contributed by atoms with van der Waals surface area (Å²) in [5.41, 5.74) is 3.18. The molecule has 0 aliphatic carbocycles. The molecule has 2 aliphatic rings. The van der Waals surface area contributed by atoms with Gasteiger partial charge in [-0.1, -0.05) is 26.0 Å². The summed E-state index contributed by atoms with van der Waals surface area (Å²) in [6.45, 7) is 9.67. The number of aromatic hydroxyl groups is 1. The molecule has 2 aliphatic heterocycles. The first-order valence-corrected chi connectivity index (χ1v) is 10.2. The Balaban J connectivity index is 1.53. The van der Waals surface area contributed by atoms with Crippen molar-refractivity contribution in [3.63, 3.8) is 0 Å². The summed E-state index contributed by atoms with van der Waals surface area (Å²) in [5, 5.41) is 10.6. The number of rotatable bonds is 4. The van der Waals surface area contributed by atoms with E-state index in [1.807, 2.05) is 12.1 Å². The summed E-state index contributed by atoms with van der Waals surface area (Å²) < 4.78 is 18.1. The molecule has 0 aromatic heterocycles. The Kier molecular flexibility index (Phi) is 4.90. The zero-order chi connectivity index (χ0) is 19.9. The highest BCUT2D eigenvalue weighted by atomic mass is 16.5. The maximum Gasteiger partial charge on any atom is 0.129 e. The number of phenolic OH excluding ortho intramolecular Hbond substituents is 1. The van der Waals surface area contributed by atoms with E-state index in [4.69, 9.17) is 14.2 Å². The molecule has 4 heteroatoms. The molecule has 0 saturated carbocycles. The standard InChI is InChI=1S/C24H30O4/c1-15(2)13-26-18-6-7-19(21(25)12-18)17-11-16-5-8-22-20(23(16)27-14-17)9-10-24(3,4)28-22/h5-8,12,15,17,25H,9-11,13-14H2,1-4H3/t17-/m1/s1. The van der Waals surface area contributed by atoms with Gasteiger partial charge < -0.3 is 19.3 Å². The molecule has 0 unspecified atom stereocenters. The quantitative estimate of drug-likeness (QED) is 0.785. The smallest absolute Gasteiger partial charge is 0.129 e. The van der Waals surface area contributed by atoms with Crippen LogP contribution in [0.3, 0.4) is 0 Å². The molecule has 0 fully saturated rings. The molecule has 1 N–H and O–H groups in total. The molecular formula is C24H30O4. The average molecular weight is 383 g/mol. The molecule has 28 heavy (non-hydrogen) atoms. The molecule has 0 radical (unpaired) electrons. The summed E-state index contributed by atoms with van der Waals surface area (Å²) in [5.74, 6) is 3.50. The van der Waals surface area contributed by atoms with Gasteiger partial charge in [-0.05, 0) is 56.7 Å². The Morgan fingerprint density at radius 3 is 2.79 bits per heavy atom. The van der Waals surface area contributed by atoms with Crippen LogP contribution in [-0.4, -0.2) is 23.9 Å². The van der Waals surface area contributed by atoms with Crippen LogP contribution in [0, 0.1) is 5.92 Å². The number of hydrogen-bond donors (Lipinski definition) is 1. The fourth-order valence-corrected chi connectivity index (χ4v) is 4.04. The fraction of sp³-hybridized carbons (Fsp3) is 0.500. The van der Waals surface area contributed by atoms with Crippen LogP contribution in [0.1, 0.15) is 56.7 Å². The predicted octanol–water partition coefficient (Wildman–Crippen LogP) is 5.25. The Bertz CT molecular complexity index is 869. The lowest BCUT2D eigenvalue weighted by molar-refractivity contribution is 0.0826. The van der Waals surface area contributed by atoms with Gasteiger partial charge in [-0.25, -0.2) is 0 Å². The van der Waals surface area contributed by atoms with Gasteiger partial charge in [0, 0.05) is 23.1 Å². The zero-order valence-electron chi connectivity index (χ0n) is 17.2. The maximum absolute atomic E-state index is 10.6. The molecule has 2 aromatic carbocycles. The minimum atomic E-state index is -0.121. The number of phenols is 1. The molecule has 0 spiro atoms. The average Bonchev–Trinajstić information content (AvgIpc) is 2.65. The first-order valence-electron chi connectivity index (χ1n) is 10.2. The van der Waals surface area contributed by atoms with E-state index in [0.29, 0.717) is 24.9 Å². The highest BCUT2D eigenvalue weighted by molar-refractivity contribution is 5.54. The minimum absolute atomic E-state index is 0.121. The molecule has 4 nitrogen and oxygen atoms in total. The van der Waals surface area contributed by atoms with E-state index in [1.54, 1.807) is 6.07 Å². The van der Waals surface area contributed by atoms with Gasteiger partial charge in [0.15, 0.2) is 0 Å². The fourth-order valence-electron chi connectivity index (χ4n) is 4.04. The summed E-state index contributed by atoms with van der Waals surface area (Å²) in [6, 6.07) is 9.81.